The Morgan fingerprint density at radius 3 is 2.00 bits per heavy atom. The standard InChI is InChI=1S/C24H25F2N5O2.ClH/c25-19-4-8-21(9-5-19)30(22-10-6-20(26)7-11-22)14-2-13-28-15-17-29(18-16-28)24-23(31(32)33)3-1-12-27-24;/h1,3-12H,2,13-18H2;1H. The first-order valence-corrected chi connectivity index (χ1v) is 10.9. The number of hydrogen-bond donors (Lipinski definition) is 0. The number of anilines is 3. The minimum atomic E-state index is -0.395. The molecule has 1 aliphatic heterocycles. The highest BCUT2D eigenvalue weighted by molar-refractivity contribution is 5.85. The molecule has 34 heavy (non-hydrogen) atoms. The van der Waals surface area contributed by atoms with E-state index in [-0.39, 0.29) is 29.7 Å². The van der Waals surface area contributed by atoms with Crippen LogP contribution < -0.4 is 9.80 Å². The molecule has 0 radical (unpaired) electrons. The fraction of sp³-hybridized carbons (Fsp3) is 0.292. The number of nitro groups is 1. The maximum atomic E-state index is 13.4. The molecule has 2 aromatic carbocycles. The molecule has 180 valence electrons. The third-order valence-electron chi connectivity index (χ3n) is 5.77. The van der Waals surface area contributed by atoms with E-state index in [1.807, 2.05) is 9.80 Å². The molecule has 1 aliphatic rings. The van der Waals surface area contributed by atoms with E-state index in [9.17, 15) is 18.9 Å². The van der Waals surface area contributed by atoms with Crippen molar-refractivity contribution in [3.05, 3.63) is 88.6 Å². The van der Waals surface area contributed by atoms with Crippen molar-refractivity contribution in [3.63, 3.8) is 0 Å². The first-order chi connectivity index (χ1) is 16.0. The molecule has 0 spiro atoms. The van der Waals surface area contributed by atoms with Crippen LogP contribution in [0.1, 0.15) is 6.42 Å². The van der Waals surface area contributed by atoms with Crippen LogP contribution in [-0.2, 0) is 0 Å². The van der Waals surface area contributed by atoms with Crippen LogP contribution in [-0.4, -0.2) is 54.1 Å². The quantitative estimate of drug-likeness (QED) is 0.326. The highest BCUT2D eigenvalue weighted by Gasteiger charge is 2.24. The Morgan fingerprint density at radius 2 is 1.47 bits per heavy atom. The maximum absolute atomic E-state index is 13.4. The topological polar surface area (TPSA) is 65.8 Å². The second kappa shape index (κ2) is 11.7. The van der Waals surface area contributed by atoms with Crippen LogP contribution in [0.25, 0.3) is 0 Å². The minimum absolute atomic E-state index is 0. The summed E-state index contributed by atoms with van der Waals surface area (Å²) in [5.41, 5.74) is 1.71. The van der Waals surface area contributed by atoms with Gasteiger partial charge in [0.05, 0.1) is 4.92 Å². The molecule has 0 unspecified atom stereocenters. The number of pyridine rings is 1. The van der Waals surface area contributed by atoms with Crippen molar-refractivity contribution in [2.45, 2.75) is 6.42 Å². The Bertz CT molecular complexity index is 1030. The Kier molecular flexibility index (Phi) is 8.72. The number of benzene rings is 2. The number of nitrogens with zero attached hydrogens (tertiary/aromatic N) is 5. The summed E-state index contributed by atoms with van der Waals surface area (Å²) in [7, 11) is 0. The fourth-order valence-electron chi connectivity index (χ4n) is 4.06. The number of halogens is 3. The molecule has 3 aromatic rings. The molecule has 4 rings (SSSR count). The summed E-state index contributed by atoms with van der Waals surface area (Å²) >= 11 is 0. The lowest BCUT2D eigenvalue weighted by Gasteiger charge is -2.35. The van der Waals surface area contributed by atoms with E-state index in [0.717, 1.165) is 37.4 Å². The first-order valence-electron chi connectivity index (χ1n) is 10.9. The Morgan fingerprint density at radius 1 is 0.912 bits per heavy atom. The van der Waals surface area contributed by atoms with Crippen LogP contribution in [0.5, 0.6) is 0 Å². The van der Waals surface area contributed by atoms with E-state index in [2.05, 4.69) is 9.88 Å². The fourth-order valence-corrected chi connectivity index (χ4v) is 4.06. The van der Waals surface area contributed by atoms with Gasteiger partial charge in [-0.15, -0.1) is 12.4 Å². The van der Waals surface area contributed by atoms with Crippen molar-refractivity contribution in [2.24, 2.45) is 0 Å². The van der Waals surface area contributed by atoms with Gasteiger partial charge in [0.25, 0.3) is 0 Å². The van der Waals surface area contributed by atoms with Gasteiger partial charge in [0, 0.05) is 56.4 Å². The van der Waals surface area contributed by atoms with Crippen LogP contribution >= 0.6 is 12.4 Å². The van der Waals surface area contributed by atoms with E-state index in [4.69, 9.17) is 0 Å². The van der Waals surface area contributed by atoms with Gasteiger partial charge in [0.2, 0.25) is 5.82 Å². The molecule has 0 bridgehead atoms. The van der Waals surface area contributed by atoms with Crippen molar-refractivity contribution in [1.29, 1.82) is 0 Å². The van der Waals surface area contributed by atoms with Gasteiger partial charge in [-0.1, -0.05) is 0 Å². The summed E-state index contributed by atoms with van der Waals surface area (Å²) in [5, 5.41) is 11.3. The zero-order valence-corrected chi connectivity index (χ0v) is 19.3. The van der Waals surface area contributed by atoms with Crippen molar-refractivity contribution < 1.29 is 13.7 Å². The minimum Gasteiger partial charge on any atom is -0.348 e. The average Bonchev–Trinajstić information content (AvgIpc) is 2.84. The molecule has 0 N–H and O–H groups in total. The van der Waals surface area contributed by atoms with Crippen molar-refractivity contribution in [1.82, 2.24) is 9.88 Å². The lowest BCUT2D eigenvalue weighted by atomic mass is 10.2. The van der Waals surface area contributed by atoms with Gasteiger partial charge < -0.3 is 9.80 Å². The zero-order valence-electron chi connectivity index (χ0n) is 18.5. The predicted molar refractivity (Wildman–Crippen MR) is 131 cm³/mol. The molecule has 0 saturated carbocycles. The van der Waals surface area contributed by atoms with E-state index in [0.29, 0.717) is 25.5 Å². The summed E-state index contributed by atoms with van der Waals surface area (Å²) < 4.78 is 26.8. The average molecular weight is 490 g/mol. The number of piperazine rings is 1. The number of rotatable bonds is 8. The maximum Gasteiger partial charge on any atom is 0.311 e. The smallest absolute Gasteiger partial charge is 0.311 e. The van der Waals surface area contributed by atoms with Crippen molar-refractivity contribution in [2.75, 3.05) is 49.1 Å². The monoisotopic (exact) mass is 489 g/mol. The second-order valence-corrected chi connectivity index (χ2v) is 7.89. The van der Waals surface area contributed by atoms with E-state index in [1.54, 1.807) is 36.5 Å². The van der Waals surface area contributed by atoms with Gasteiger partial charge in [0.15, 0.2) is 0 Å². The highest BCUT2D eigenvalue weighted by Crippen LogP contribution is 2.27. The van der Waals surface area contributed by atoms with Gasteiger partial charge in [-0.3, -0.25) is 15.0 Å². The summed E-state index contributed by atoms with van der Waals surface area (Å²) in [6.07, 6.45) is 2.42. The van der Waals surface area contributed by atoms with Crippen LogP contribution in [0.3, 0.4) is 0 Å². The van der Waals surface area contributed by atoms with Gasteiger partial charge in [0.1, 0.15) is 11.6 Å². The first kappa shape index (κ1) is 25.3. The lowest BCUT2D eigenvalue weighted by molar-refractivity contribution is -0.384. The molecule has 10 heteroatoms. The Balaban J connectivity index is 0.00000324. The molecule has 2 heterocycles. The molecule has 0 amide bonds. The summed E-state index contributed by atoms with van der Waals surface area (Å²) in [6, 6.07) is 15.6. The Labute approximate surface area is 203 Å². The van der Waals surface area contributed by atoms with Crippen molar-refractivity contribution >= 4 is 35.3 Å². The molecule has 0 aliphatic carbocycles. The van der Waals surface area contributed by atoms with Crippen LogP contribution in [0.15, 0.2) is 66.9 Å². The molecule has 1 saturated heterocycles. The SMILES string of the molecule is Cl.O=[N+]([O-])c1cccnc1N1CCN(CCCN(c2ccc(F)cc2)c2ccc(F)cc2)CC1. The van der Waals surface area contributed by atoms with E-state index < -0.39 is 4.92 Å². The molecule has 0 atom stereocenters. The van der Waals surface area contributed by atoms with Crippen LogP contribution in [0, 0.1) is 21.7 Å². The van der Waals surface area contributed by atoms with Gasteiger partial charge in [-0.05, 0) is 67.6 Å². The van der Waals surface area contributed by atoms with E-state index in [1.165, 1.54) is 30.3 Å². The second-order valence-electron chi connectivity index (χ2n) is 7.89. The normalized spacial score (nSPS) is 13.9. The van der Waals surface area contributed by atoms with Crippen LogP contribution in [0.2, 0.25) is 0 Å². The largest absolute Gasteiger partial charge is 0.348 e. The van der Waals surface area contributed by atoms with Gasteiger partial charge in [-0.2, -0.15) is 0 Å². The molecule has 1 aromatic heterocycles. The predicted octanol–water partition coefficient (Wildman–Crippen LogP) is 5.04. The third-order valence-corrected chi connectivity index (χ3v) is 5.77. The van der Waals surface area contributed by atoms with Gasteiger partial charge in [-0.25, -0.2) is 13.8 Å². The van der Waals surface area contributed by atoms with Gasteiger partial charge >= 0.3 is 5.69 Å². The molecule has 7 nitrogen and oxygen atoms in total. The number of hydrogen-bond acceptors (Lipinski definition) is 6. The number of aromatic nitrogens is 1. The molecular formula is C24H26ClF2N5O2. The molecule has 1 fully saturated rings. The lowest BCUT2D eigenvalue weighted by Crippen LogP contribution is -2.47. The zero-order chi connectivity index (χ0) is 23.2. The molecular weight excluding hydrogens is 464 g/mol. The summed E-state index contributed by atoms with van der Waals surface area (Å²) in [5.74, 6) is -0.186. The Hall–Kier alpha value is -3.30. The highest BCUT2D eigenvalue weighted by atomic mass is 35.5. The summed E-state index contributed by atoms with van der Waals surface area (Å²) in [4.78, 5) is 21.4. The van der Waals surface area contributed by atoms with Crippen molar-refractivity contribution in [3.8, 4) is 0 Å². The van der Waals surface area contributed by atoms with Crippen LogP contribution in [0.4, 0.5) is 31.7 Å². The van der Waals surface area contributed by atoms with E-state index >= 15 is 0 Å². The third kappa shape index (κ3) is 6.18. The summed E-state index contributed by atoms with van der Waals surface area (Å²) in [6.45, 7) is 4.41.